The molecule has 6 heteroatoms. The molecule has 0 bridgehead atoms. The van der Waals surface area contributed by atoms with Crippen molar-refractivity contribution in [2.24, 2.45) is 7.05 Å². The second-order valence-corrected chi connectivity index (χ2v) is 3.29. The van der Waals surface area contributed by atoms with E-state index in [1.54, 1.807) is 41.8 Å². The van der Waals surface area contributed by atoms with Gasteiger partial charge in [-0.2, -0.15) is 0 Å². The third kappa shape index (κ3) is 1.78. The Morgan fingerprint density at radius 2 is 2.27 bits per heavy atom. The Morgan fingerprint density at radius 1 is 1.47 bits per heavy atom. The van der Waals surface area contributed by atoms with Crippen molar-refractivity contribution < 1.29 is 4.79 Å². The first-order valence-corrected chi connectivity index (χ1v) is 4.53. The maximum absolute atomic E-state index is 11.8. The third-order valence-corrected chi connectivity index (χ3v) is 2.23. The molecule has 0 N–H and O–H groups in total. The highest BCUT2D eigenvalue weighted by molar-refractivity contribution is 5.92. The summed E-state index contributed by atoms with van der Waals surface area (Å²) in [5, 5.41) is 7.66. The summed E-state index contributed by atoms with van der Waals surface area (Å²) in [6.07, 6.45) is 4.97. The minimum atomic E-state index is -0.0731. The van der Waals surface area contributed by atoms with Gasteiger partial charge in [-0.15, -0.1) is 10.2 Å². The van der Waals surface area contributed by atoms with Crippen LogP contribution in [0.2, 0.25) is 0 Å². The Bertz CT molecular complexity index is 471. The van der Waals surface area contributed by atoms with Crippen molar-refractivity contribution in [1.82, 2.24) is 24.3 Å². The van der Waals surface area contributed by atoms with Crippen molar-refractivity contribution in [2.75, 3.05) is 0 Å². The number of hydrogen-bond acceptors (Lipinski definition) is 4. The third-order valence-electron chi connectivity index (χ3n) is 2.23. The van der Waals surface area contributed by atoms with E-state index >= 15 is 0 Å². The number of aryl methyl sites for hydroxylation is 1. The molecule has 0 aromatic carbocycles. The molecule has 0 fully saturated rings. The summed E-state index contributed by atoms with van der Waals surface area (Å²) < 4.78 is 3.38. The van der Waals surface area contributed by atoms with Crippen LogP contribution in [0.15, 0.2) is 18.7 Å². The molecule has 0 aliphatic rings. The summed E-state index contributed by atoms with van der Waals surface area (Å²) in [4.78, 5) is 15.6. The number of nitrogens with zero attached hydrogens (tertiary/aromatic N) is 5. The lowest BCUT2D eigenvalue weighted by Gasteiger charge is -2.01. The molecule has 0 amide bonds. The van der Waals surface area contributed by atoms with E-state index in [1.807, 2.05) is 0 Å². The lowest BCUT2D eigenvalue weighted by atomic mass is 10.3. The van der Waals surface area contributed by atoms with Gasteiger partial charge in [-0.3, -0.25) is 4.79 Å². The van der Waals surface area contributed by atoms with Crippen LogP contribution >= 0.6 is 0 Å². The Balaban J connectivity index is 2.19. The van der Waals surface area contributed by atoms with E-state index in [0.29, 0.717) is 5.82 Å². The summed E-state index contributed by atoms with van der Waals surface area (Å²) in [7, 11) is 1.77. The Hall–Kier alpha value is -1.98. The van der Waals surface area contributed by atoms with E-state index < -0.39 is 0 Å². The smallest absolute Gasteiger partial charge is 0.219 e. The second kappa shape index (κ2) is 3.64. The maximum Gasteiger partial charge on any atom is 0.219 e. The van der Waals surface area contributed by atoms with Crippen LogP contribution in [-0.4, -0.2) is 30.1 Å². The Kier molecular flexibility index (Phi) is 2.32. The minimum absolute atomic E-state index is 0.0731. The molecular formula is C9H11N5O. The molecule has 0 atom stereocenters. The quantitative estimate of drug-likeness (QED) is 0.671. The van der Waals surface area contributed by atoms with Crippen molar-refractivity contribution in [3.8, 4) is 0 Å². The minimum Gasteiger partial charge on any atom is -0.330 e. The number of aromatic nitrogens is 5. The lowest BCUT2D eigenvalue weighted by Crippen LogP contribution is -2.14. The van der Waals surface area contributed by atoms with E-state index in [2.05, 4.69) is 15.2 Å². The van der Waals surface area contributed by atoms with Crippen molar-refractivity contribution in [3.63, 3.8) is 0 Å². The van der Waals surface area contributed by atoms with Crippen LogP contribution < -0.4 is 0 Å². The molecule has 2 aromatic heterocycles. The molecule has 2 heterocycles. The average molecular weight is 205 g/mol. The summed E-state index contributed by atoms with van der Waals surface area (Å²) >= 11 is 0. The van der Waals surface area contributed by atoms with Crippen molar-refractivity contribution in [3.05, 3.63) is 30.4 Å². The number of Topliss-reactive ketones (excluding diaryl/α,β-unsaturated/α-hetero) is 1. The number of imidazole rings is 1. The van der Waals surface area contributed by atoms with E-state index in [0.717, 1.165) is 5.82 Å². The predicted octanol–water partition coefficient (Wildman–Crippen LogP) is 0.203. The van der Waals surface area contributed by atoms with Gasteiger partial charge in [-0.1, -0.05) is 0 Å². The van der Waals surface area contributed by atoms with Crippen LogP contribution in [-0.2, 0) is 13.6 Å². The second-order valence-electron chi connectivity index (χ2n) is 3.29. The van der Waals surface area contributed by atoms with Gasteiger partial charge in [0.05, 0.1) is 12.9 Å². The normalized spacial score (nSPS) is 10.5. The fraction of sp³-hybridized carbons (Fsp3) is 0.333. The van der Waals surface area contributed by atoms with Crippen molar-refractivity contribution in [2.45, 2.75) is 13.5 Å². The zero-order valence-corrected chi connectivity index (χ0v) is 8.58. The zero-order valence-electron chi connectivity index (χ0n) is 8.58. The molecule has 0 aliphatic carbocycles. The molecule has 0 aliphatic heterocycles. The summed E-state index contributed by atoms with van der Waals surface area (Å²) in [6, 6.07) is 0. The van der Waals surface area contributed by atoms with E-state index in [-0.39, 0.29) is 12.3 Å². The average Bonchev–Trinajstić information content (AvgIpc) is 2.79. The van der Waals surface area contributed by atoms with Crippen LogP contribution in [0.25, 0.3) is 0 Å². The van der Waals surface area contributed by atoms with Crippen LogP contribution in [0, 0.1) is 6.92 Å². The van der Waals surface area contributed by atoms with Gasteiger partial charge in [-0.05, 0) is 6.92 Å². The summed E-state index contributed by atoms with van der Waals surface area (Å²) in [5.41, 5.74) is 0. The molecule has 0 saturated heterocycles. The monoisotopic (exact) mass is 205 g/mol. The first kappa shape index (κ1) is 9.57. The van der Waals surface area contributed by atoms with Gasteiger partial charge in [0.2, 0.25) is 11.6 Å². The van der Waals surface area contributed by atoms with E-state index in [1.165, 1.54) is 0 Å². The SMILES string of the molecule is Cc1nnc(C(=O)Cn2ccnc2)n1C. The first-order valence-electron chi connectivity index (χ1n) is 4.53. The van der Waals surface area contributed by atoms with Gasteiger partial charge in [-0.25, -0.2) is 4.98 Å². The highest BCUT2D eigenvalue weighted by Gasteiger charge is 2.14. The van der Waals surface area contributed by atoms with Gasteiger partial charge in [0.1, 0.15) is 5.82 Å². The van der Waals surface area contributed by atoms with E-state index in [9.17, 15) is 4.79 Å². The zero-order chi connectivity index (χ0) is 10.8. The molecule has 78 valence electrons. The van der Waals surface area contributed by atoms with Gasteiger partial charge in [0.15, 0.2) is 0 Å². The van der Waals surface area contributed by atoms with Crippen LogP contribution in [0.3, 0.4) is 0 Å². The van der Waals surface area contributed by atoms with Crippen molar-refractivity contribution >= 4 is 5.78 Å². The molecule has 0 saturated carbocycles. The highest BCUT2D eigenvalue weighted by atomic mass is 16.1. The Morgan fingerprint density at radius 3 is 2.80 bits per heavy atom. The van der Waals surface area contributed by atoms with Gasteiger partial charge >= 0.3 is 0 Å². The number of carbonyl (C=O) groups is 1. The fourth-order valence-electron chi connectivity index (χ4n) is 1.27. The largest absolute Gasteiger partial charge is 0.330 e. The number of hydrogen-bond donors (Lipinski definition) is 0. The van der Waals surface area contributed by atoms with Gasteiger partial charge in [0, 0.05) is 19.4 Å². The molecule has 2 aromatic rings. The first-order chi connectivity index (χ1) is 7.18. The van der Waals surface area contributed by atoms with E-state index in [4.69, 9.17) is 0 Å². The number of carbonyl (C=O) groups excluding carboxylic acids is 1. The molecule has 0 unspecified atom stereocenters. The maximum atomic E-state index is 11.8. The summed E-state index contributed by atoms with van der Waals surface area (Å²) in [5.74, 6) is 1.03. The molecular weight excluding hydrogens is 194 g/mol. The molecule has 0 radical (unpaired) electrons. The van der Waals surface area contributed by atoms with Crippen LogP contribution in [0.5, 0.6) is 0 Å². The van der Waals surface area contributed by atoms with Crippen LogP contribution in [0.4, 0.5) is 0 Å². The number of rotatable bonds is 3. The molecule has 15 heavy (non-hydrogen) atoms. The molecule has 6 nitrogen and oxygen atoms in total. The topological polar surface area (TPSA) is 65.6 Å². The fourth-order valence-corrected chi connectivity index (χ4v) is 1.27. The molecule has 2 rings (SSSR count). The predicted molar refractivity (Wildman–Crippen MR) is 52.3 cm³/mol. The Labute approximate surface area is 86.6 Å². The standard InChI is InChI=1S/C9H11N5O/c1-7-11-12-9(13(7)2)8(15)5-14-4-3-10-6-14/h3-4,6H,5H2,1-2H3. The van der Waals surface area contributed by atoms with Crippen molar-refractivity contribution in [1.29, 1.82) is 0 Å². The summed E-state index contributed by atoms with van der Waals surface area (Å²) in [6.45, 7) is 2.05. The lowest BCUT2D eigenvalue weighted by molar-refractivity contribution is 0.0958. The number of ketones is 1. The van der Waals surface area contributed by atoms with Crippen LogP contribution in [0.1, 0.15) is 16.4 Å². The highest BCUT2D eigenvalue weighted by Crippen LogP contribution is 2.00. The van der Waals surface area contributed by atoms with Gasteiger partial charge < -0.3 is 9.13 Å². The molecule has 0 spiro atoms. The van der Waals surface area contributed by atoms with Gasteiger partial charge in [0.25, 0.3) is 0 Å².